The summed E-state index contributed by atoms with van der Waals surface area (Å²) in [4.78, 5) is 12.2. The van der Waals surface area contributed by atoms with Gasteiger partial charge >= 0.3 is 0 Å². The van der Waals surface area contributed by atoms with E-state index in [1.807, 2.05) is 0 Å². The third-order valence-electron chi connectivity index (χ3n) is 3.19. The first-order valence-corrected chi connectivity index (χ1v) is 7.10. The van der Waals surface area contributed by atoms with Crippen molar-refractivity contribution in [2.24, 2.45) is 0 Å². The topological polar surface area (TPSA) is 47.6 Å². The Morgan fingerprint density at radius 3 is 2.35 bits per heavy atom. The van der Waals surface area contributed by atoms with Gasteiger partial charge in [0.05, 0.1) is 12.8 Å². The van der Waals surface area contributed by atoms with Gasteiger partial charge in [-0.05, 0) is 42.8 Å². The van der Waals surface area contributed by atoms with Crippen LogP contribution in [0.25, 0.3) is 0 Å². The van der Waals surface area contributed by atoms with Gasteiger partial charge in [-0.3, -0.25) is 4.79 Å². The van der Waals surface area contributed by atoms with Crippen molar-refractivity contribution < 1.29 is 23.0 Å². The van der Waals surface area contributed by atoms with Crippen LogP contribution >= 0.6 is 0 Å². The molecule has 2 aromatic rings. The van der Waals surface area contributed by atoms with E-state index in [-0.39, 0.29) is 5.69 Å². The second kappa shape index (κ2) is 7.58. The van der Waals surface area contributed by atoms with Crippen molar-refractivity contribution in [1.82, 2.24) is 0 Å². The van der Waals surface area contributed by atoms with Gasteiger partial charge in [0.25, 0.3) is 5.91 Å². The second-order valence-electron chi connectivity index (χ2n) is 4.80. The molecule has 4 nitrogen and oxygen atoms in total. The Labute approximate surface area is 133 Å². The molecule has 0 aliphatic heterocycles. The number of hydrogen-bond donors (Lipinski definition) is 1. The third-order valence-corrected chi connectivity index (χ3v) is 3.19. The van der Waals surface area contributed by atoms with E-state index < -0.39 is 23.6 Å². The number of ether oxygens (including phenoxy) is 2. The van der Waals surface area contributed by atoms with Crippen LogP contribution in [0.15, 0.2) is 42.5 Å². The smallest absolute Gasteiger partial charge is 0.265 e. The molecule has 1 amide bonds. The maximum absolute atomic E-state index is 13.6. The molecular formula is C17H17F2NO3. The highest BCUT2D eigenvalue weighted by Gasteiger charge is 2.20. The van der Waals surface area contributed by atoms with E-state index in [9.17, 15) is 13.6 Å². The number of hydrogen-bond acceptors (Lipinski definition) is 3. The lowest BCUT2D eigenvalue weighted by molar-refractivity contribution is -0.122. The number of carbonyl (C=O) groups is 1. The Balaban J connectivity index is 2.05. The van der Waals surface area contributed by atoms with Gasteiger partial charge in [0.15, 0.2) is 6.10 Å². The number of nitrogens with one attached hydrogen (secondary N) is 1. The fraction of sp³-hybridized carbons (Fsp3) is 0.235. The van der Waals surface area contributed by atoms with Gasteiger partial charge < -0.3 is 14.8 Å². The van der Waals surface area contributed by atoms with E-state index in [0.717, 1.165) is 6.07 Å². The molecule has 0 bridgehead atoms. The van der Waals surface area contributed by atoms with Crippen LogP contribution in [-0.2, 0) is 4.79 Å². The number of carbonyl (C=O) groups excluding carboxylic acids is 1. The largest absolute Gasteiger partial charge is 0.497 e. The summed E-state index contributed by atoms with van der Waals surface area (Å²) in [6, 6.07) is 9.72. The van der Waals surface area contributed by atoms with E-state index in [2.05, 4.69) is 5.32 Å². The van der Waals surface area contributed by atoms with Crippen LogP contribution in [0, 0.1) is 11.6 Å². The second-order valence-corrected chi connectivity index (χ2v) is 4.80. The summed E-state index contributed by atoms with van der Waals surface area (Å²) in [5.74, 6) is -0.885. The van der Waals surface area contributed by atoms with Crippen LogP contribution in [0.5, 0.6) is 11.5 Å². The SMILES string of the molecule is CCC(Oc1ccc(OC)cc1)C(=O)Nc1ccc(F)cc1F. The molecule has 0 aromatic heterocycles. The molecule has 0 saturated heterocycles. The first-order valence-electron chi connectivity index (χ1n) is 7.10. The molecule has 122 valence electrons. The first-order chi connectivity index (χ1) is 11.0. The van der Waals surface area contributed by atoms with Crippen molar-refractivity contribution in [3.05, 3.63) is 54.1 Å². The standard InChI is InChI=1S/C17H17F2NO3/c1-3-16(23-13-7-5-12(22-2)6-8-13)17(21)20-15-9-4-11(18)10-14(15)19/h4-10,16H,3H2,1-2H3,(H,20,21). The highest BCUT2D eigenvalue weighted by Crippen LogP contribution is 2.20. The van der Waals surface area contributed by atoms with E-state index in [0.29, 0.717) is 24.0 Å². The maximum atomic E-state index is 13.6. The first kappa shape index (κ1) is 16.7. The highest BCUT2D eigenvalue weighted by atomic mass is 19.1. The van der Waals surface area contributed by atoms with Crippen molar-refractivity contribution in [3.63, 3.8) is 0 Å². The summed E-state index contributed by atoms with van der Waals surface area (Å²) in [6.07, 6.45) is -0.409. The molecule has 2 aromatic carbocycles. The Bertz CT molecular complexity index is 674. The lowest BCUT2D eigenvalue weighted by Gasteiger charge is -2.17. The normalized spacial score (nSPS) is 11.7. The Hall–Kier alpha value is -2.63. The number of rotatable bonds is 6. The lowest BCUT2D eigenvalue weighted by Crippen LogP contribution is -2.32. The van der Waals surface area contributed by atoms with Gasteiger partial charge in [-0.15, -0.1) is 0 Å². The predicted octanol–water partition coefficient (Wildman–Crippen LogP) is 3.77. The van der Waals surface area contributed by atoms with Gasteiger partial charge in [0, 0.05) is 6.07 Å². The summed E-state index contributed by atoms with van der Waals surface area (Å²) in [6.45, 7) is 1.77. The number of methoxy groups -OCH3 is 1. The summed E-state index contributed by atoms with van der Waals surface area (Å²) in [7, 11) is 1.55. The summed E-state index contributed by atoms with van der Waals surface area (Å²) in [5, 5.41) is 2.40. The number of amides is 1. The molecule has 0 radical (unpaired) electrons. The number of halogens is 2. The fourth-order valence-corrected chi connectivity index (χ4v) is 1.94. The average Bonchev–Trinajstić information content (AvgIpc) is 2.55. The van der Waals surface area contributed by atoms with Gasteiger partial charge in [0.2, 0.25) is 0 Å². The van der Waals surface area contributed by atoms with Crippen LogP contribution < -0.4 is 14.8 Å². The average molecular weight is 321 g/mol. The summed E-state index contributed by atoms with van der Waals surface area (Å²) >= 11 is 0. The van der Waals surface area contributed by atoms with Crippen LogP contribution in [0.1, 0.15) is 13.3 Å². The maximum Gasteiger partial charge on any atom is 0.265 e. The molecule has 0 fully saturated rings. The zero-order valence-electron chi connectivity index (χ0n) is 12.8. The van der Waals surface area contributed by atoms with Crippen LogP contribution in [0.4, 0.5) is 14.5 Å². The van der Waals surface area contributed by atoms with Gasteiger partial charge in [-0.2, -0.15) is 0 Å². The minimum absolute atomic E-state index is 0.0896. The van der Waals surface area contributed by atoms with Crippen molar-refractivity contribution in [3.8, 4) is 11.5 Å². The molecule has 1 atom stereocenters. The molecule has 0 heterocycles. The summed E-state index contributed by atoms with van der Waals surface area (Å²) < 4.78 is 37.1. The zero-order chi connectivity index (χ0) is 16.8. The molecule has 1 unspecified atom stereocenters. The number of anilines is 1. The fourth-order valence-electron chi connectivity index (χ4n) is 1.94. The van der Waals surface area contributed by atoms with Crippen molar-refractivity contribution >= 4 is 11.6 Å². The van der Waals surface area contributed by atoms with Crippen molar-refractivity contribution in [2.45, 2.75) is 19.4 Å². The molecule has 1 N–H and O–H groups in total. The van der Waals surface area contributed by atoms with Crippen molar-refractivity contribution in [2.75, 3.05) is 12.4 Å². The van der Waals surface area contributed by atoms with E-state index in [4.69, 9.17) is 9.47 Å². The monoisotopic (exact) mass is 321 g/mol. The Morgan fingerprint density at radius 1 is 1.13 bits per heavy atom. The third kappa shape index (κ3) is 4.42. The number of benzene rings is 2. The van der Waals surface area contributed by atoms with E-state index in [1.54, 1.807) is 38.3 Å². The quantitative estimate of drug-likeness (QED) is 0.881. The minimum atomic E-state index is -0.836. The Morgan fingerprint density at radius 2 is 1.78 bits per heavy atom. The van der Waals surface area contributed by atoms with Crippen LogP contribution in [0.3, 0.4) is 0 Å². The zero-order valence-corrected chi connectivity index (χ0v) is 12.8. The van der Waals surface area contributed by atoms with Gasteiger partial charge in [-0.25, -0.2) is 8.78 Å². The molecule has 23 heavy (non-hydrogen) atoms. The minimum Gasteiger partial charge on any atom is -0.497 e. The van der Waals surface area contributed by atoms with Crippen molar-refractivity contribution in [1.29, 1.82) is 0 Å². The van der Waals surface area contributed by atoms with Crippen LogP contribution in [-0.4, -0.2) is 19.1 Å². The molecule has 2 rings (SSSR count). The van der Waals surface area contributed by atoms with Crippen LogP contribution in [0.2, 0.25) is 0 Å². The molecule has 0 aliphatic rings. The molecule has 0 spiro atoms. The van der Waals surface area contributed by atoms with E-state index in [1.165, 1.54) is 6.07 Å². The molecule has 0 saturated carbocycles. The summed E-state index contributed by atoms with van der Waals surface area (Å²) in [5.41, 5.74) is -0.0896. The van der Waals surface area contributed by atoms with Gasteiger partial charge in [0.1, 0.15) is 23.1 Å². The predicted molar refractivity (Wildman–Crippen MR) is 82.7 cm³/mol. The van der Waals surface area contributed by atoms with E-state index >= 15 is 0 Å². The Kier molecular flexibility index (Phi) is 5.51. The molecule has 6 heteroatoms. The molecule has 0 aliphatic carbocycles. The highest BCUT2D eigenvalue weighted by molar-refractivity contribution is 5.94. The van der Waals surface area contributed by atoms with Gasteiger partial charge in [-0.1, -0.05) is 6.92 Å². The molecular weight excluding hydrogens is 304 g/mol. The lowest BCUT2D eigenvalue weighted by atomic mass is 10.2.